The third kappa shape index (κ3) is 6.10. The van der Waals surface area contributed by atoms with Crippen LogP contribution < -0.4 is 10.1 Å². The number of amides is 2. The van der Waals surface area contributed by atoms with Crippen molar-refractivity contribution in [2.24, 2.45) is 0 Å². The van der Waals surface area contributed by atoms with Gasteiger partial charge in [0.15, 0.2) is 0 Å². The van der Waals surface area contributed by atoms with Gasteiger partial charge in [-0.15, -0.1) is 5.10 Å². The quantitative estimate of drug-likeness (QED) is 0.423. The topological polar surface area (TPSA) is 105 Å². The van der Waals surface area contributed by atoms with Gasteiger partial charge in [0.05, 0.1) is 19.3 Å². The van der Waals surface area contributed by atoms with Gasteiger partial charge in [-0.3, -0.25) is 9.59 Å². The minimum absolute atomic E-state index is 0.00412. The molecule has 0 aliphatic carbocycles. The van der Waals surface area contributed by atoms with Crippen LogP contribution in [-0.4, -0.2) is 82.2 Å². The van der Waals surface area contributed by atoms with E-state index in [1.54, 1.807) is 24.1 Å². The van der Waals surface area contributed by atoms with Crippen LogP contribution in [0.15, 0.2) is 48.5 Å². The molecule has 2 aromatic carbocycles. The van der Waals surface area contributed by atoms with Gasteiger partial charge in [0.2, 0.25) is 12.3 Å². The molecule has 10 nitrogen and oxygen atoms in total. The normalized spacial score (nSPS) is 17.8. The lowest BCUT2D eigenvalue weighted by Gasteiger charge is -2.40. The SMILES string of the molecule is COc1ccc(-n2nnnc2C(F)(F)F)cc1CN[C@H]1CCN(C(=O)CN(C)C=O)C[C@H]1c1ccccc1. The molecule has 1 fully saturated rings. The van der Waals surface area contributed by atoms with Crippen LogP contribution in [0.4, 0.5) is 13.2 Å². The molecule has 38 heavy (non-hydrogen) atoms. The zero-order valence-electron chi connectivity index (χ0n) is 20.9. The van der Waals surface area contributed by atoms with Crippen molar-refractivity contribution in [3.8, 4) is 11.4 Å². The van der Waals surface area contributed by atoms with Crippen molar-refractivity contribution in [2.45, 2.75) is 31.1 Å². The molecule has 0 saturated carbocycles. The van der Waals surface area contributed by atoms with Crippen LogP contribution in [-0.2, 0) is 22.3 Å². The van der Waals surface area contributed by atoms with Gasteiger partial charge in [0.1, 0.15) is 5.75 Å². The number of likely N-dealkylation sites (tertiary alicyclic amines) is 1. The molecule has 0 radical (unpaired) electrons. The highest BCUT2D eigenvalue weighted by atomic mass is 19.4. The average molecular weight is 532 g/mol. The Morgan fingerprint density at radius 1 is 1.24 bits per heavy atom. The second-order valence-electron chi connectivity index (χ2n) is 9.06. The Bertz CT molecular complexity index is 1250. The van der Waals surface area contributed by atoms with Crippen LogP contribution in [0.5, 0.6) is 5.75 Å². The number of nitrogens with one attached hydrogen (secondary N) is 1. The number of methoxy groups -OCH3 is 1. The standard InChI is InChI=1S/C25H28F3N7O3/c1-33(16-36)15-23(37)34-11-10-21(20(14-34)17-6-4-3-5-7-17)29-13-18-12-19(8-9-22(18)38-2)35-24(25(26,27)28)30-31-32-35/h3-9,12,16,20-21,29H,10-11,13-15H2,1-2H3/t20-,21-/m0/s1. The van der Waals surface area contributed by atoms with E-state index in [2.05, 4.69) is 20.8 Å². The lowest BCUT2D eigenvalue weighted by atomic mass is 9.85. The molecule has 13 heteroatoms. The molecule has 1 aliphatic rings. The fourth-order valence-corrected chi connectivity index (χ4v) is 4.63. The molecule has 2 heterocycles. The lowest BCUT2D eigenvalue weighted by molar-refractivity contribution is -0.146. The first kappa shape index (κ1) is 27.0. The highest BCUT2D eigenvalue weighted by Crippen LogP contribution is 2.31. The summed E-state index contributed by atoms with van der Waals surface area (Å²) in [4.78, 5) is 26.8. The molecule has 0 spiro atoms. The van der Waals surface area contributed by atoms with E-state index < -0.39 is 12.0 Å². The van der Waals surface area contributed by atoms with E-state index in [-0.39, 0.29) is 30.1 Å². The Hall–Kier alpha value is -4.00. The van der Waals surface area contributed by atoms with E-state index in [9.17, 15) is 22.8 Å². The first-order chi connectivity index (χ1) is 18.2. The summed E-state index contributed by atoms with van der Waals surface area (Å²) >= 11 is 0. The third-order valence-electron chi connectivity index (χ3n) is 6.54. The first-order valence-corrected chi connectivity index (χ1v) is 12.0. The van der Waals surface area contributed by atoms with Gasteiger partial charge in [0, 0.05) is 44.2 Å². The number of nitrogens with zero attached hydrogens (tertiary/aromatic N) is 6. The number of hydrogen-bond acceptors (Lipinski definition) is 7. The Kier molecular flexibility index (Phi) is 8.25. The molecule has 1 saturated heterocycles. The molecule has 0 bridgehead atoms. The fraction of sp³-hybridized carbons (Fsp3) is 0.400. The first-order valence-electron chi connectivity index (χ1n) is 12.0. The number of carbonyl (C=O) groups excluding carboxylic acids is 2. The van der Waals surface area contributed by atoms with Crippen LogP contribution in [0.3, 0.4) is 0 Å². The van der Waals surface area contributed by atoms with Crippen molar-refractivity contribution >= 4 is 12.3 Å². The summed E-state index contributed by atoms with van der Waals surface area (Å²) in [6.07, 6.45) is -3.45. The van der Waals surface area contributed by atoms with Crippen molar-refractivity contribution in [2.75, 3.05) is 33.8 Å². The maximum atomic E-state index is 13.3. The third-order valence-corrected chi connectivity index (χ3v) is 6.54. The summed E-state index contributed by atoms with van der Waals surface area (Å²) in [6, 6.07) is 14.4. The van der Waals surface area contributed by atoms with Crippen molar-refractivity contribution in [1.29, 1.82) is 0 Å². The lowest BCUT2D eigenvalue weighted by Crippen LogP contribution is -2.51. The van der Waals surface area contributed by atoms with E-state index in [0.717, 1.165) is 5.56 Å². The number of halogens is 3. The highest BCUT2D eigenvalue weighted by Gasteiger charge is 2.38. The van der Waals surface area contributed by atoms with Crippen LogP contribution in [0.1, 0.15) is 29.3 Å². The largest absolute Gasteiger partial charge is 0.496 e. The number of aromatic nitrogens is 4. The highest BCUT2D eigenvalue weighted by molar-refractivity contribution is 5.80. The van der Waals surface area contributed by atoms with Gasteiger partial charge in [-0.1, -0.05) is 30.3 Å². The summed E-state index contributed by atoms with van der Waals surface area (Å²) in [7, 11) is 3.05. The fourth-order valence-electron chi connectivity index (χ4n) is 4.63. The molecule has 0 unspecified atom stereocenters. The van der Waals surface area contributed by atoms with E-state index in [0.29, 0.717) is 48.5 Å². The van der Waals surface area contributed by atoms with Crippen molar-refractivity contribution in [3.05, 3.63) is 65.5 Å². The average Bonchev–Trinajstić information content (AvgIpc) is 3.43. The van der Waals surface area contributed by atoms with Crippen molar-refractivity contribution < 1.29 is 27.5 Å². The van der Waals surface area contributed by atoms with E-state index in [1.807, 2.05) is 30.3 Å². The number of carbonyl (C=O) groups is 2. The number of hydrogen-bond donors (Lipinski definition) is 1. The predicted molar refractivity (Wildman–Crippen MR) is 130 cm³/mol. The molecule has 4 rings (SSSR count). The monoisotopic (exact) mass is 531 g/mol. The molecule has 202 valence electrons. The second kappa shape index (κ2) is 11.6. The van der Waals surface area contributed by atoms with E-state index in [4.69, 9.17) is 4.74 Å². The maximum absolute atomic E-state index is 13.3. The maximum Gasteiger partial charge on any atom is 0.453 e. The summed E-state index contributed by atoms with van der Waals surface area (Å²) in [5.41, 5.74) is 1.83. The number of tetrazole rings is 1. The van der Waals surface area contributed by atoms with E-state index in [1.165, 1.54) is 18.1 Å². The zero-order valence-corrected chi connectivity index (χ0v) is 20.9. The smallest absolute Gasteiger partial charge is 0.453 e. The number of likely N-dealkylation sites (N-methyl/N-ethyl adjacent to an activating group) is 1. The molecule has 3 aromatic rings. The van der Waals surface area contributed by atoms with Gasteiger partial charge in [-0.05, 0) is 40.6 Å². The van der Waals surface area contributed by atoms with Crippen molar-refractivity contribution in [3.63, 3.8) is 0 Å². The van der Waals surface area contributed by atoms with Gasteiger partial charge in [-0.2, -0.15) is 17.9 Å². The minimum atomic E-state index is -4.71. The molecule has 2 atom stereocenters. The Morgan fingerprint density at radius 3 is 2.68 bits per heavy atom. The van der Waals surface area contributed by atoms with Crippen LogP contribution in [0, 0.1) is 0 Å². The zero-order chi connectivity index (χ0) is 27.3. The molecule has 1 N–H and O–H groups in total. The van der Waals surface area contributed by atoms with Crippen LogP contribution in [0.2, 0.25) is 0 Å². The minimum Gasteiger partial charge on any atom is -0.496 e. The Labute approximate surface area is 217 Å². The second-order valence-corrected chi connectivity index (χ2v) is 9.06. The van der Waals surface area contributed by atoms with Crippen LogP contribution in [0.25, 0.3) is 5.69 Å². The number of rotatable bonds is 9. The molecule has 2 amide bonds. The van der Waals surface area contributed by atoms with Crippen LogP contribution >= 0.6 is 0 Å². The Balaban J connectivity index is 1.55. The van der Waals surface area contributed by atoms with Gasteiger partial charge < -0.3 is 19.9 Å². The van der Waals surface area contributed by atoms with Gasteiger partial charge in [0.25, 0.3) is 5.82 Å². The predicted octanol–water partition coefficient (Wildman–Crippen LogP) is 2.25. The number of benzene rings is 2. The summed E-state index contributed by atoms with van der Waals surface area (Å²) in [6.45, 7) is 1.27. The molecular formula is C25H28F3N7O3. The molecular weight excluding hydrogens is 503 g/mol. The van der Waals surface area contributed by atoms with Gasteiger partial charge in [-0.25, -0.2) is 0 Å². The number of alkyl halides is 3. The van der Waals surface area contributed by atoms with Gasteiger partial charge >= 0.3 is 6.18 Å². The summed E-state index contributed by atoms with van der Waals surface area (Å²) in [5, 5.41) is 13.3. The van der Waals surface area contributed by atoms with Crippen molar-refractivity contribution in [1.82, 2.24) is 35.3 Å². The molecule has 1 aromatic heterocycles. The summed E-state index contributed by atoms with van der Waals surface area (Å²) in [5.74, 6) is -0.886. The molecule has 1 aliphatic heterocycles. The summed E-state index contributed by atoms with van der Waals surface area (Å²) < 4.78 is 46.1. The Morgan fingerprint density at radius 2 is 2.00 bits per heavy atom. The van der Waals surface area contributed by atoms with E-state index >= 15 is 0 Å². The number of piperidine rings is 1. The number of ether oxygens (including phenoxy) is 1.